The van der Waals surface area contributed by atoms with Gasteiger partial charge in [0.1, 0.15) is 0 Å². The predicted octanol–water partition coefficient (Wildman–Crippen LogP) is 3.80. The summed E-state index contributed by atoms with van der Waals surface area (Å²) < 4.78 is 0. The maximum Gasteiger partial charge on any atom is 0.258 e. The van der Waals surface area contributed by atoms with E-state index < -0.39 is 0 Å². The number of piperazine rings is 1. The van der Waals surface area contributed by atoms with Crippen LogP contribution in [0.2, 0.25) is 0 Å². The zero-order valence-electron chi connectivity index (χ0n) is 18.8. The average molecular weight is 453 g/mol. The summed E-state index contributed by atoms with van der Waals surface area (Å²) in [7, 11) is 2.16. The average Bonchev–Trinajstić information content (AvgIpc) is 2.82. The number of carbonyl (C=O) groups excluding carboxylic acids is 2. The number of nitrogens with one attached hydrogen (secondary N) is 1. The van der Waals surface area contributed by atoms with Crippen LogP contribution in [-0.4, -0.2) is 73.7 Å². The second-order valence-electron chi connectivity index (χ2n) is 8.50. The number of benzene rings is 2. The fourth-order valence-corrected chi connectivity index (χ4v) is 5.13. The van der Waals surface area contributed by atoms with Gasteiger partial charge < -0.3 is 20.0 Å². The van der Waals surface area contributed by atoms with Crippen molar-refractivity contribution in [2.24, 2.45) is 0 Å². The molecule has 2 heterocycles. The summed E-state index contributed by atoms with van der Waals surface area (Å²) in [4.78, 5) is 33.3. The number of amides is 2. The van der Waals surface area contributed by atoms with Crippen molar-refractivity contribution in [3.05, 3.63) is 54.1 Å². The highest BCUT2D eigenvalue weighted by Gasteiger charge is 2.24. The van der Waals surface area contributed by atoms with Crippen LogP contribution in [0.1, 0.15) is 29.6 Å². The van der Waals surface area contributed by atoms with Gasteiger partial charge in [0.05, 0.1) is 5.69 Å². The molecule has 1 N–H and O–H groups in total. The summed E-state index contributed by atoms with van der Waals surface area (Å²) in [6.07, 6.45) is 2.45. The van der Waals surface area contributed by atoms with Crippen LogP contribution in [0.4, 0.5) is 11.4 Å². The van der Waals surface area contributed by atoms with Gasteiger partial charge >= 0.3 is 0 Å². The Morgan fingerprint density at radius 1 is 0.969 bits per heavy atom. The van der Waals surface area contributed by atoms with Crippen LogP contribution in [0.3, 0.4) is 0 Å². The van der Waals surface area contributed by atoms with Crippen molar-refractivity contribution in [2.45, 2.75) is 24.2 Å². The largest absolute Gasteiger partial charge is 0.326 e. The number of rotatable bonds is 7. The Hall–Kier alpha value is -2.35. The maximum atomic E-state index is 13.0. The standard InChI is InChI=1S/C25H32N4O2S/c1-27-13-15-28(16-14-27)12-6-5-9-24(30)26-21-10-11-23-22(19-21)29(17-18-32-23)25(31)20-7-3-2-4-8-20/h2-4,7-8,10-11,19H,5-6,9,12-18H2,1H3,(H,26,30). The Labute approximate surface area is 194 Å². The third kappa shape index (κ3) is 5.91. The van der Waals surface area contributed by atoms with Gasteiger partial charge in [-0.15, -0.1) is 11.8 Å². The van der Waals surface area contributed by atoms with Gasteiger partial charge in [-0.2, -0.15) is 0 Å². The van der Waals surface area contributed by atoms with E-state index in [9.17, 15) is 9.59 Å². The number of carbonyl (C=O) groups is 2. The van der Waals surface area contributed by atoms with Crippen LogP contribution in [0.25, 0.3) is 0 Å². The molecular formula is C25H32N4O2S. The molecule has 2 aromatic rings. The highest BCUT2D eigenvalue weighted by atomic mass is 32.2. The van der Waals surface area contributed by atoms with E-state index in [1.54, 1.807) is 11.8 Å². The molecule has 0 radical (unpaired) electrons. The van der Waals surface area contributed by atoms with Crippen LogP contribution in [0.15, 0.2) is 53.4 Å². The molecule has 1 saturated heterocycles. The Morgan fingerprint density at radius 3 is 2.53 bits per heavy atom. The van der Waals surface area contributed by atoms with E-state index in [2.05, 4.69) is 22.2 Å². The third-order valence-electron chi connectivity index (χ3n) is 6.10. The van der Waals surface area contributed by atoms with Gasteiger partial charge in [0.15, 0.2) is 0 Å². The summed E-state index contributed by atoms with van der Waals surface area (Å²) in [6, 6.07) is 15.2. The molecule has 2 aliphatic rings. The van der Waals surface area contributed by atoms with Crippen LogP contribution in [-0.2, 0) is 4.79 Å². The molecule has 0 saturated carbocycles. The molecule has 4 rings (SSSR count). The Morgan fingerprint density at radius 2 is 1.75 bits per heavy atom. The number of hydrogen-bond acceptors (Lipinski definition) is 5. The highest BCUT2D eigenvalue weighted by Crippen LogP contribution is 2.37. The third-order valence-corrected chi connectivity index (χ3v) is 7.14. The Bertz CT molecular complexity index is 929. The van der Waals surface area contributed by atoms with Crippen molar-refractivity contribution in [1.29, 1.82) is 0 Å². The van der Waals surface area contributed by atoms with Crippen LogP contribution in [0.5, 0.6) is 0 Å². The minimum Gasteiger partial charge on any atom is -0.326 e. The molecule has 32 heavy (non-hydrogen) atoms. The van der Waals surface area contributed by atoms with E-state index in [4.69, 9.17) is 0 Å². The van der Waals surface area contributed by atoms with Crippen molar-refractivity contribution < 1.29 is 9.59 Å². The monoisotopic (exact) mass is 452 g/mol. The van der Waals surface area contributed by atoms with Crippen molar-refractivity contribution in [1.82, 2.24) is 9.80 Å². The van der Waals surface area contributed by atoms with Crippen molar-refractivity contribution in [3.63, 3.8) is 0 Å². The fraction of sp³-hybridized carbons (Fsp3) is 0.440. The molecule has 2 aromatic carbocycles. The number of likely N-dealkylation sites (N-methyl/N-ethyl adjacent to an activating group) is 1. The van der Waals surface area contributed by atoms with Gasteiger partial charge in [-0.05, 0) is 56.8 Å². The lowest BCUT2D eigenvalue weighted by molar-refractivity contribution is -0.116. The summed E-state index contributed by atoms with van der Waals surface area (Å²) in [5.74, 6) is 0.900. The highest BCUT2D eigenvalue weighted by molar-refractivity contribution is 7.99. The minimum absolute atomic E-state index is 0.000432. The van der Waals surface area contributed by atoms with Gasteiger partial charge in [0.25, 0.3) is 5.91 Å². The van der Waals surface area contributed by atoms with Crippen molar-refractivity contribution in [3.8, 4) is 0 Å². The van der Waals surface area contributed by atoms with E-state index in [1.165, 1.54) is 0 Å². The molecule has 7 heteroatoms. The summed E-state index contributed by atoms with van der Waals surface area (Å²) in [5.41, 5.74) is 2.31. The number of fused-ring (bicyclic) bond motifs is 1. The first-order valence-electron chi connectivity index (χ1n) is 11.4. The predicted molar refractivity (Wildman–Crippen MR) is 132 cm³/mol. The first kappa shape index (κ1) is 22.8. The Kier molecular flexibility index (Phi) is 7.84. The molecular weight excluding hydrogens is 420 g/mol. The number of anilines is 2. The van der Waals surface area contributed by atoms with Gasteiger partial charge in [-0.3, -0.25) is 9.59 Å². The molecule has 0 atom stereocenters. The van der Waals surface area contributed by atoms with E-state index in [1.807, 2.05) is 53.4 Å². The van der Waals surface area contributed by atoms with E-state index in [0.29, 0.717) is 18.5 Å². The zero-order valence-corrected chi connectivity index (χ0v) is 19.6. The van der Waals surface area contributed by atoms with E-state index in [0.717, 1.165) is 67.6 Å². The van der Waals surface area contributed by atoms with Crippen LogP contribution < -0.4 is 10.2 Å². The van der Waals surface area contributed by atoms with Gasteiger partial charge in [-0.1, -0.05) is 18.2 Å². The lowest BCUT2D eigenvalue weighted by Gasteiger charge is -2.32. The molecule has 0 bridgehead atoms. The van der Waals surface area contributed by atoms with Crippen molar-refractivity contribution >= 4 is 35.0 Å². The number of unbranched alkanes of at least 4 members (excludes halogenated alkanes) is 1. The fourth-order valence-electron chi connectivity index (χ4n) is 4.16. The molecule has 2 aliphatic heterocycles. The maximum absolute atomic E-state index is 13.0. The number of thioether (sulfide) groups is 1. The van der Waals surface area contributed by atoms with Crippen LogP contribution >= 0.6 is 11.8 Å². The molecule has 170 valence electrons. The molecule has 6 nitrogen and oxygen atoms in total. The van der Waals surface area contributed by atoms with Gasteiger partial charge in [0.2, 0.25) is 5.91 Å². The summed E-state index contributed by atoms with van der Waals surface area (Å²) in [6.45, 7) is 6.21. The lowest BCUT2D eigenvalue weighted by Crippen LogP contribution is -2.44. The molecule has 0 aliphatic carbocycles. The second-order valence-corrected chi connectivity index (χ2v) is 9.64. The van der Waals surface area contributed by atoms with Crippen molar-refractivity contribution in [2.75, 3.05) is 62.3 Å². The van der Waals surface area contributed by atoms with E-state index in [-0.39, 0.29) is 11.8 Å². The van der Waals surface area contributed by atoms with E-state index >= 15 is 0 Å². The normalized spacial score (nSPS) is 17.1. The molecule has 0 unspecified atom stereocenters. The quantitative estimate of drug-likeness (QED) is 0.648. The minimum atomic E-state index is -0.000432. The SMILES string of the molecule is CN1CCN(CCCCC(=O)Nc2ccc3c(c2)N(C(=O)c2ccccc2)CCS3)CC1. The second kappa shape index (κ2) is 11.0. The summed E-state index contributed by atoms with van der Waals surface area (Å²) in [5, 5.41) is 3.03. The van der Waals surface area contributed by atoms with Gasteiger partial charge in [-0.25, -0.2) is 0 Å². The first-order chi connectivity index (χ1) is 15.6. The smallest absolute Gasteiger partial charge is 0.258 e. The molecule has 1 fully saturated rings. The van der Waals surface area contributed by atoms with Gasteiger partial charge in [0, 0.05) is 61.0 Å². The molecule has 0 aromatic heterocycles. The molecule has 0 spiro atoms. The number of nitrogens with zero attached hydrogens (tertiary/aromatic N) is 3. The Balaban J connectivity index is 1.31. The number of hydrogen-bond donors (Lipinski definition) is 1. The summed E-state index contributed by atoms with van der Waals surface area (Å²) >= 11 is 1.75. The van der Waals surface area contributed by atoms with Crippen LogP contribution in [0, 0.1) is 0 Å². The zero-order chi connectivity index (χ0) is 22.3. The first-order valence-corrected chi connectivity index (χ1v) is 12.4. The topological polar surface area (TPSA) is 55.9 Å². The molecule has 2 amide bonds. The lowest BCUT2D eigenvalue weighted by atomic mass is 10.1.